The van der Waals surface area contributed by atoms with E-state index in [9.17, 15) is 91.9 Å². The average Bonchev–Trinajstić information content (AvgIpc) is 1.28. The SMILES string of the molecule is C[C@H](CC[C@@H](O[C@@H]1O[C@H](CO[C@H]2O[C@H](CO)[C@@H](O)[C@H](O)[C@H]2O)[C@@H](O)[C@H](O)[C@H]1O[C@@H]1O[C@H](CO)[C@@H](O)[C@H](O)[C@H]1O[C@H]1O[C@H](CO)[C@@H](O)[C@H](O)[C@H]1O)C(C)(C)O)C1CC[C@@]2(C)C3CC=C4C(CC[C@H](O[C@@H]5O[C@H](CO)C[C@H](O)[C@H]5O)C4(C)C)[C@]3(C)[C@H](O)C[C@]12C. The van der Waals surface area contributed by atoms with Crippen LogP contribution >= 0.6 is 0 Å². The lowest BCUT2D eigenvalue weighted by molar-refractivity contribution is -0.399. The van der Waals surface area contributed by atoms with E-state index in [0.29, 0.717) is 32.1 Å². The minimum Gasteiger partial charge on any atom is -0.394 e. The van der Waals surface area contributed by atoms with Crippen LogP contribution in [0.25, 0.3) is 0 Å². The topological polar surface area (TPSA) is 456 Å². The van der Waals surface area contributed by atoms with E-state index in [1.165, 1.54) is 19.4 Å². The smallest absolute Gasteiger partial charge is 0.187 e. The van der Waals surface area contributed by atoms with Crippen molar-refractivity contribution in [1.29, 1.82) is 0 Å². The number of aliphatic hydroxyl groups excluding tert-OH is 17. The zero-order valence-corrected chi connectivity index (χ0v) is 51.5. The highest BCUT2D eigenvalue weighted by Crippen LogP contribution is 2.75. The van der Waals surface area contributed by atoms with Crippen molar-refractivity contribution < 1.29 is 139 Å². The predicted octanol–water partition coefficient (Wildman–Crippen LogP) is -4.38. The van der Waals surface area contributed by atoms with E-state index in [1.807, 2.05) is 0 Å². The van der Waals surface area contributed by atoms with Crippen LogP contribution in [0.4, 0.5) is 0 Å². The van der Waals surface area contributed by atoms with E-state index >= 15 is 0 Å². The Morgan fingerprint density at radius 2 is 1.08 bits per heavy atom. The molecule has 0 aromatic carbocycles. The lowest BCUT2D eigenvalue weighted by Gasteiger charge is -2.67. The third kappa shape index (κ3) is 12.8. The first-order valence-electron chi connectivity index (χ1n) is 31.5. The van der Waals surface area contributed by atoms with Crippen molar-refractivity contribution in [2.75, 3.05) is 33.0 Å². The molecule has 18 N–H and O–H groups in total. The summed E-state index contributed by atoms with van der Waals surface area (Å²) in [6, 6.07) is 0. The van der Waals surface area contributed by atoms with Gasteiger partial charge in [-0.25, -0.2) is 0 Å². The Balaban J connectivity index is 0.948. The van der Waals surface area contributed by atoms with E-state index in [1.54, 1.807) is 0 Å². The highest BCUT2D eigenvalue weighted by molar-refractivity contribution is 5.32. The van der Waals surface area contributed by atoms with Gasteiger partial charge in [0.2, 0.25) is 0 Å². The van der Waals surface area contributed by atoms with Crippen LogP contribution in [0, 0.1) is 45.3 Å². The molecule has 0 amide bonds. The molecule has 3 unspecified atom stereocenters. The molecule has 4 aliphatic carbocycles. The van der Waals surface area contributed by atoms with Gasteiger partial charge in [-0.05, 0) is 99.7 Å². The van der Waals surface area contributed by atoms with Crippen LogP contribution in [0.1, 0.15) is 113 Å². The van der Waals surface area contributed by atoms with E-state index in [0.717, 1.165) is 12.8 Å². The third-order valence-corrected chi connectivity index (χ3v) is 22.8. The molecule has 0 aromatic rings. The second kappa shape index (κ2) is 27.4. The third-order valence-electron chi connectivity index (χ3n) is 22.8. The summed E-state index contributed by atoms with van der Waals surface area (Å²) in [4.78, 5) is 0. The molecule has 88 heavy (non-hydrogen) atoms. The second-order valence-electron chi connectivity index (χ2n) is 28.6. The Morgan fingerprint density at radius 1 is 0.557 bits per heavy atom. The van der Waals surface area contributed by atoms with Crippen molar-refractivity contribution in [1.82, 2.24) is 0 Å². The molecule has 0 radical (unpaired) electrons. The predicted molar refractivity (Wildman–Crippen MR) is 299 cm³/mol. The number of aliphatic hydroxyl groups is 18. The highest BCUT2D eigenvalue weighted by atomic mass is 16.8. The van der Waals surface area contributed by atoms with Crippen molar-refractivity contribution in [3.8, 4) is 0 Å². The summed E-state index contributed by atoms with van der Waals surface area (Å²) in [6.45, 7) is 12.6. The van der Waals surface area contributed by atoms with Crippen molar-refractivity contribution in [2.45, 2.75) is 285 Å². The van der Waals surface area contributed by atoms with Crippen molar-refractivity contribution >= 4 is 0 Å². The van der Waals surface area contributed by atoms with Crippen LogP contribution in [0.5, 0.6) is 0 Å². The molecule has 34 atom stereocenters. The van der Waals surface area contributed by atoms with Gasteiger partial charge in [-0.15, -0.1) is 0 Å². The first kappa shape index (κ1) is 70.9. The fourth-order valence-electron chi connectivity index (χ4n) is 17.1. The van der Waals surface area contributed by atoms with Gasteiger partial charge in [0.15, 0.2) is 31.5 Å². The fourth-order valence-corrected chi connectivity index (χ4v) is 17.1. The number of allylic oxidation sites excluding steroid dienone is 1. The minimum absolute atomic E-state index is 0.0123. The van der Waals surface area contributed by atoms with Gasteiger partial charge < -0.3 is 139 Å². The monoisotopic (exact) mass is 1270 g/mol. The number of fused-ring (bicyclic) bond motifs is 5. The number of ether oxygens (including phenoxy) is 10. The molecule has 3 saturated carbocycles. The number of hydrogen-bond acceptors (Lipinski definition) is 28. The molecule has 5 saturated heterocycles. The van der Waals surface area contributed by atoms with Gasteiger partial charge >= 0.3 is 0 Å². The molecule has 0 bridgehead atoms. The molecule has 8 fully saturated rings. The molecule has 9 rings (SSSR count). The summed E-state index contributed by atoms with van der Waals surface area (Å²) in [7, 11) is 0. The molecule has 0 aromatic heterocycles. The standard InChI is InChI=1S/C60H102O28/c1-24(26-15-16-58(6)34-12-10-27-28(60(34,8)35(66)18-59(26,58)7)11-14-36(56(27,2)3)85-52-38(67)29(65)17-25(19-61)80-52)9-13-37(57(4,5)78)86-54-49(46(75)42(71)33(84-54)23-79-51-47(76)43(72)39(68)30(20-62)81-51)88-55-50(45(74)41(70)32(22-64)83-55)87-53-48(77)44(73)40(69)31(21-63)82-53/h10,24-26,28-55,61-78H,9,11-23H2,1-8H3/t24-,25+,26?,28?,29+,30-,31-,32-,33-,34?,35-,36+,37-,38-,39-,40-,41-,42-,43+,44+,45+,46+,47-,48-,49-,50-,51+,52+,53-,54+,55+,58+,59-,60+/m1/s1. The van der Waals surface area contributed by atoms with E-state index in [2.05, 4.69) is 47.6 Å². The van der Waals surface area contributed by atoms with Gasteiger partial charge in [0.1, 0.15) is 104 Å². The molecular formula is C60H102O28. The quantitative estimate of drug-likeness (QED) is 0.0512. The minimum atomic E-state index is -2.07. The maximum absolute atomic E-state index is 12.8. The zero-order valence-electron chi connectivity index (χ0n) is 51.5. The Labute approximate surface area is 512 Å². The maximum Gasteiger partial charge on any atom is 0.187 e. The van der Waals surface area contributed by atoms with Crippen LogP contribution in [-0.2, 0) is 47.4 Å². The van der Waals surface area contributed by atoms with Gasteiger partial charge in [0.05, 0.1) is 69.2 Å². The highest BCUT2D eigenvalue weighted by Gasteiger charge is 2.70. The zero-order chi connectivity index (χ0) is 64.7. The van der Waals surface area contributed by atoms with E-state index in [-0.39, 0.29) is 60.1 Å². The summed E-state index contributed by atoms with van der Waals surface area (Å²) in [6.07, 6.45) is -35.8. The fraction of sp³-hybridized carbons (Fsp3) is 0.967. The molecule has 5 aliphatic heterocycles. The Bertz CT molecular complexity index is 2310. The van der Waals surface area contributed by atoms with Gasteiger partial charge in [0, 0.05) is 17.3 Å². The Hall–Kier alpha value is -1.38. The van der Waals surface area contributed by atoms with Crippen LogP contribution < -0.4 is 0 Å². The molecule has 5 heterocycles. The van der Waals surface area contributed by atoms with Crippen LogP contribution in [0.3, 0.4) is 0 Å². The van der Waals surface area contributed by atoms with Gasteiger partial charge in [-0.3, -0.25) is 0 Å². The van der Waals surface area contributed by atoms with E-state index < -0.39 is 202 Å². The lowest BCUT2D eigenvalue weighted by atomic mass is 9.38. The number of hydrogen-bond donors (Lipinski definition) is 18. The normalized spacial score (nSPS) is 51.4. The molecule has 28 heteroatoms. The lowest BCUT2D eigenvalue weighted by Crippen LogP contribution is -2.67. The van der Waals surface area contributed by atoms with Crippen molar-refractivity contribution in [3.05, 3.63) is 11.6 Å². The molecule has 0 spiro atoms. The first-order valence-corrected chi connectivity index (χ1v) is 31.5. The molecule has 9 aliphatic rings. The van der Waals surface area contributed by atoms with Crippen LogP contribution in [0.2, 0.25) is 0 Å². The summed E-state index contributed by atoms with van der Waals surface area (Å²) < 4.78 is 60.3. The van der Waals surface area contributed by atoms with Crippen molar-refractivity contribution in [2.24, 2.45) is 45.3 Å². The second-order valence-corrected chi connectivity index (χ2v) is 28.6. The molecule has 510 valence electrons. The molecule has 28 nitrogen and oxygen atoms in total. The summed E-state index contributed by atoms with van der Waals surface area (Å²) in [5.74, 6) is 0.110. The average molecular weight is 1270 g/mol. The Kier molecular flexibility index (Phi) is 22.1. The van der Waals surface area contributed by atoms with E-state index in [4.69, 9.17) is 47.4 Å². The summed E-state index contributed by atoms with van der Waals surface area (Å²) >= 11 is 0. The summed E-state index contributed by atoms with van der Waals surface area (Å²) in [5, 5.41) is 196. The Morgan fingerprint density at radius 3 is 1.67 bits per heavy atom. The van der Waals surface area contributed by atoms with Crippen LogP contribution in [0.15, 0.2) is 11.6 Å². The van der Waals surface area contributed by atoms with Gasteiger partial charge in [-0.2, -0.15) is 0 Å². The van der Waals surface area contributed by atoms with Gasteiger partial charge in [-0.1, -0.05) is 53.2 Å². The summed E-state index contributed by atoms with van der Waals surface area (Å²) in [5.41, 5.74) is -2.18. The first-order chi connectivity index (χ1) is 41.2. The van der Waals surface area contributed by atoms with Crippen LogP contribution in [-0.4, -0.2) is 296 Å². The maximum atomic E-state index is 12.8. The molecular weight excluding hydrogens is 1170 g/mol. The van der Waals surface area contributed by atoms with Gasteiger partial charge in [0.25, 0.3) is 0 Å². The number of rotatable bonds is 20. The van der Waals surface area contributed by atoms with Crippen molar-refractivity contribution in [3.63, 3.8) is 0 Å². The largest absolute Gasteiger partial charge is 0.394 e.